The van der Waals surface area contributed by atoms with E-state index in [0.29, 0.717) is 5.57 Å². The minimum Gasteiger partial charge on any atom is -0.477 e. The molecule has 16 heteroatoms. The highest BCUT2D eigenvalue weighted by atomic mass is 32.2. The zero-order chi connectivity index (χ0) is 26.0. The molecule has 0 aliphatic carbocycles. The molecule has 36 heavy (non-hydrogen) atoms. The van der Waals surface area contributed by atoms with Crippen LogP contribution in [0.1, 0.15) is 23.1 Å². The molecule has 14 nitrogen and oxygen atoms in total. The van der Waals surface area contributed by atoms with Crippen LogP contribution in [0.5, 0.6) is 0 Å². The molecule has 1 fully saturated rings. The summed E-state index contributed by atoms with van der Waals surface area (Å²) < 4.78 is 5.49. The molecule has 0 spiro atoms. The van der Waals surface area contributed by atoms with Crippen LogP contribution in [-0.2, 0) is 25.8 Å². The third-order valence-corrected chi connectivity index (χ3v) is 7.05. The molecule has 0 bridgehead atoms. The van der Waals surface area contributed by atoms with Crippen molar-refractivity contribution in [2.45, 2.75) is 24.9 Å². The number of thioether (sulfide) groups is 1. The molecular formula is C20H20N7O7S2+. The summed E-state index contributed by atoms with van der Waals surface area (Å²) in [6.07, 6.45) is 2.99. The first-order valence-corrected chi connectivity index (χ1v) is 12.3. The highest BCUT2D eigenvalue weighted by molar-refractivity contribution is 8.00. The first-order chi connectivity index (χ1) is 17.2. The molecule has 0 saturated carbocycles. The molecule has 2 atom stereocenters. The average Bonchev–Trinajstić information content (AvgIpc) is 3.28. The standard InChI is InChI=1S/C20H19N7O7S2/c1-2-34-24-11(14-23-20(21)36-25-14)15(28)22-12-16(29)27-13(19(32)33)10(8-35-17(12)27)7-26-5-3-4-9(6-26)18(30)31/h3-6,12,17H,2,7-8H2,1H3,(H4-,21,22,23,25,28,30,31,32,33)/p+1/t12?,17-/m0/s1. The number of carboxylic acid groups (broad SMARTS) is 2. The molecule has 188 valence electrons. The van der Waals surface area contributed by atoms with Gasteiger partial charge >= 0.3 is 11.9 Å². The fraction of sp³-hybridized carbons (Fsp3) is 0.300. The lowest BCUT2D eigenvalue weighted by atomic mass is 10.0. The second-order valence-corrected chi connectivity index (χ2v) is 9.39. The SMILES string of the molecule is CCON=C(C(=O)NC1C(=O)N2C(C(=O)O)=C(C[n+]3cccc(C(=O)O)c3)CS[C@@H]12)c1nsc(N)n1. The van der Waals surface area contributed by atoms with Crippen molar-refractivity contribution in [2.75, 3.05) is 18.1 Å². The zero-order valence-electron chi connectivity index (χ0n) is 18.7. The van der Waals surface area contributed by atoms with Gasteiger partial charge in [-0.3, -0.25) is 14.5 Å². The lowest BCUT2D eigenvalue weighted by molar-refractivity contribution is -0.689. The van der Waals surface area contributed by atoms with Crippen LogP contribution in [0.15, 0.2) is 41.0 Å². The summed E-state index contributed by atoms with van der Waals surface area (Å²) in [5.41, 5.74) is 5.60. The fourth-order valence-corrected chi connectivity index (χ4v) is 5.40. The number of oxime groups is 1. The number of β-lactam (4-membered cyclic amide) rings is 1. The molecule has 2 aromatic heterocycles. The van der Waals surface area contributed by atoms with Gasteiger partial charge in [0, 0.05) is 28.9 Å². The van der Waals surface area contributed by atoms with Crippen molar-refractivity contribution in [1.82, 2.24) is 19.6 Å². The van der Waals surface area contributed by atoms with E-state index in [1.165, 1.54) is 34.7 Å². The molecule has 4 rings (SSSR count). The van der Waals surface area contributed by atoms with Crippen LogP contribution in [0.3, 0.4) is 0 Å². The summed E-state index contributed by atoms with van der Waals surface area (Å²) in [6.45, 7) is 1.92. The van der Waals surface area contributed by atoms with Gasteiger partial charge in [-0.25, -0.2) is 14.2 Å². The topological polar surface area (TPSA) is 201 Å². The zero-order valence-corrected chi connectivity index (χ0v) is 20.3. The van der Waals surface area contributed by atoms with Gasteiger partial charge in [-0.2, -0.15) is 9.36 Å². The molecule has 2 aliphatic heterocycles. The van der Waals surface area contributed by atoms with Crippen molar-refractivity contribution in [2.24, 2.45) is 5.16 Å². The van der Waals surface area contributed by atoms with Crippen molar-refractivity contribution >= 4 is 57.9 Å². The predicted octanol–water partition coefficient (Wildman–Crippen LogP) is -0.715. The van der Waals surface area contributed by atoms with Gasteiger partial charge in [0.25, 0.3) is 11.8 Å². The molecule has 2 amide bonds. The number of fused-ring (bicyclic) bond motifs is 1. The molecule has 1 saturated heterocycles. The second-order valence-electron chi connectivity index (χ2n) is 7.50. The Hall–Kier alpha value is -4.05. The number of carboxylic acids is 2. The van der Waals surface area contributed by atoms with E-state index < -0.39 is 35.2 Å². The number of amides is 2. The summed E-state index contributed by atoms with van der Waals surface area (Å²) in [4.78, 5) is 59.2. The summed E-state index contributed by atoms with van der Waals surface area (Å²) in [6, 6.07) is 1.95. The number of aromatic nitrogens is 3. The highest BCUT2D eigenvalue weighted by Crippen LogP contribution is 2.40. The number of aromatic carboxylic acids is 1. The van der Waals surface area contributed by atoms with E-state index in [0.717, 1.165) is 16.4 Å². The van der Waals surface area contributed by atoms with Gasteiger partial charge in [-0.05, 0) is 13.0 Å². The molecule has 0 aromatic carbocycles. The largest absolute Gasteiger partial charge is 0.477 e. The second kappa shape index (κ2) is 10.3. The lowest BCUT2D eigenvalue weighted by Gasteiger charge is -2.49. The van der Waals surface area contributed by atoms with Crippen LogP contribution in [-0.4, -0.2) is 77.7 Å². The normalized spacial score (nSPS) is 19.4. The number of nitrogens with zero attached hydrogens (tertiary/aromatic N) is 5. The number of carbonyl (C=O) groups is 4. The maximum Gasteiger partial charge on any atom is 0.352 e. The van der Waals surface area contributed by atoms with Crippen LogP contribution in [0.2, 0.25) is 0 Å². The number of nitrogens with two attached hydrogens (primary N) is 1. The van der Waals surface area contributed by atoms with Gasteiger partial charge in [0.15, 0.2) is 24.1 Å². The van der Waals surface area contributed by atoms with E-state index in [2.05, 4.69) is 19.8 Å². The molecule has 4 heterocycles. The summed E-state index contributed by atoms with van der Waals surface area (Å²) in [7, 11) is 0. The van der Waals surface area contributed by atoms with E-state index in [4.69, 9.17) is 10.6 Å². The highest BCUT2D eigenvalue weighted by Gasteiger charge is 2.54. The van der Waals surface area contributed by atoms with Gasteiger partial charge in [0.05, 0.1) is 0 Å². The first kappa shape index (κ1) is 25.1. The number of aliphatic carboxylic acids is 1. The van der Waals surface area contributed by atoms with Crippen LogP contribution in [0.25, 0.3) is 0 Å². The third-order valence-electron chi connectivity index (χ3n) is 5.17. The molecule has 5 N–H and O–H groups in total. The van der Waals surface area contributed by atoms with Crippen molar-refractivity contribution in [3.63, 3.8) is 0 Å². The Bertz CT molecular complexity index is 1310. The maximum absolute atomic E-state index is 13.0. The van der Waals surface area contributed by atoms with Crippen molar-refractivity contribution in [3.8, 4) is 0 Å². The van der Waals surface area contributed by atoms with Crippen molar-refractivity contribution < 1.29 is 38.8 Å². The smallest absolute Gasteiger partial charge is 0.352 e. The van der Waals surface area contributed by atoms with Crippen LogP contribution >= 0.6 is 23.3 Å². The van der Waals surface area contributed by atoms with Gasteiger partial charge in [-0.1, -0.05) is 5.16 Å². The Kier molecular flexibility index (Phi) is 7.16. The van der Waals surface area contributed by atoms with Gasteiger partial charge < -0.3 is 26.1 Å². The Morgan fingerprint density at radius 3 is 2.78 bits per heavy atom. The molecule has 0 radical (unpaired) electrons. The quantitative estimate of drug-likeness (QED) is 0.137. The van der Waals surface area contributed by atoms with E-state index >= 15 is 0 Å². The minimum atomic E-state index is -1.30. The monoisotopic (exact) mass is 534 g/mol. The number of nitrogen functional groups attached to an aromatic ring is 1. The van der Waals surface area contributed by atoms with E-state index in [1.54, 1.807) is 13.1 Å². The maximum atomic E-state index is 13.0. The molecule has 2 aliphatic rings. The van der Waals surface area contributed by atoms with Gasteiger partial charge in [0.2, 0.25) is 11.5 Å². The molecule has 2 aromatic rings. The van der Waals surface area contributed by atoms with Crippen LogP contribution in [0.4, 0.5) is 5.13 Å². The summed E-state index contributed by atoms with van der Waals surface area (Å²) in [5.74, 6) is -3.61. The molecule has 1 unspecified atom stereocenters. The number of carbonyl (C=O) groups excluding carboxylic acids is 2. The summed E-state index contributed by atoms with van der Waals surface area (Å²) in [5, 5.41) is 24.8. The number of anilines is 1. The van der Waals surface area contributed by atoms with E-state index in [1.807, 2.05) is 0 Å². The van der Waals surface area contributed by atoms with Crippen LogP contribution < -0.4 is 15.6 Å². The van der Waals surface area contributed by atoms with E-state index in [9.17, 15) is 29.4 Å². The number of pyridine rings is 1. The minimum absolute atomic E-state index is 0.0417. The average molecular weight is 535 g/mol. The Morgan fingerprint density at radius 2 is 2.14 bits per heavy atom. The Labute approximate surface area is 211 Å². The predicted molar refractivity (Wildman–Crippen MR) is 126 cm³/mol. The Balaban J connectivity index is 1.54. The van der Waals surface area contributed by atoms with E-state index in [-0.39, 0.29) is 46.8 Å². The number of hydrogen-bond donors (Lipinski definition) is 4. The Morgan fingerprint density at radius 1 is 1.36 bits per heavy atom. The lowest BCUT2D eigenvalue weighted by Crippen LogP contribution is -2.71. The number of hydrogen-bond acceptors (Lipinski definition) is 11. The number of rotatable bonds is 9. The fourth-order valence-electron chi connectivity index (χ4n) is 3.63. The first-order valence-electron chi connectivity index (χ1n) is 10.4. The summed E-state index contributed by atoms with van der Waals surface area (Å²) >= 11 is 2.14. The number of nitrogens with one attached hydrogen (secondary N) is 1. The third kappa shape index (κ3) is 4.85. The molecular weight excluding hydrogens is 514 g/mol. The van der Waals surface area contributed by atoms with Crippen molar-refractivity contribution in [3.05, 3.63) is 47.2 Å². The van der Waals surface area contributed by atoms with Gasteiger partial charge in [-0.15, -0.1) is 11.8 Å². The van der Waals surface area contributed by atoms with Gasteiger partial charge in [0.1, 0.15) is 29.3 Å². The van der Waals surface area contributed by atoms with Crippen molar-refractivity contribution in [1.29, 1.82) is 0 Å². The van der Waals surface area contributed by atoms with Crippen LogP contribution in [0, 0.1) is 0 Å².